The largest absolute Gasteiger partial charge is 0.493 e. The third-order valence-corrected chi connectivity index (χ3v) is 7.62. The van der Waals surface area contributed by atoms with Crippen molar-refractivity contribution in [3.05, 3.63) is 41.5 Å². The van der Waals surface area contributed by atoms with Gasteiger partial charge in [0.2, 0.25) is 19.2 Å². The molecule has 0 N–H and O–H groups in total. The molecule has 0 aromatic heterocycles. The third kappa shape index (κ3) is 5.55. The van der Waals surface area contributed by atoms with Gasteiger partial charge < -0.3 is 47.4 Å². The van der Waals surface area contributed by atoms with Crippen LogP contribution < -0.4 is 23.7 Å². The molecule has 3 aromatic carbocycles. The maximum atomic E-state index is 13.4. The van der Waals surface area contributed by atoms with E-state index < -0.39 is 48.5 Å². The predicted molar refractivity (Wildman–Crippen MR) is 155 cm³/mol. The summed E-state index contributed by atoms with van der Waals surface area (Å²) in [6.07, 6.45) is -5.14. The lowest BCUT2D eigenvalue weighted by Gasteiger charge is -2.40. The quantitative estimate of drug-likeness (QED) is 0.261. The minimum absolute atomic E-state index is 0.0645. The van der Waals surface area contributed by atoms with Crippen molar-refractivity contribution in [2.24, 2.45) is 0 Å². The van der Waals surface area contributed by atoms with Crippen molar-refractivity contribution in [2.45, 2.75) is 52.0 Å². The Morgan fingerprint density at radius 1 is 0.761 bits per heavy atom. The average Bonchev–Trinajstić information content (AvgIpc) is 3.64. The van der Waals surface area contributed by atoms with Gasteiger partial charge in [-0.2, -0.15) is 0 Å². The fourth-order valence-electron chi connectivity index (χ4n) is 5.82. The fourth-order valence-corrected chi connectivity index (χ4v) is 5.82. The van der Waals surface area contributed by atoms with E-state index in [0.29, 0.717) is 50.5 Å². The number of carbonyl (C=O) groups is 4. The summed E-state index contributed by atoms with van der Waals surface area (Å²) in [7, 11) is 2.96. The number of fused-ring (bicyclic) bond motifs is 3. The highest BCUT2D eigenvalue weighted by atomic mass is 16.7. The monoisotopic (exact) mass is 638 g/mol. The molecule has 46 heavy (non-hydrogen) atoms. The number of benzene rings is 3. The lowest BCUT2D eigenvalue weighted by Crippen LogP contribution is -2.59. The van der Waals surface area contributed by atoms with E-state index in [9.17, 15) is 19.2 Å². The van der Waals surface area contributed by atoms with E-state index in [1.165, 1.54) is 28.1 Å². The van der Waals surface area contributed by atoms with Crippen molar-refractivity contribution in [3.63, 3.8) is 0 Å². The van der Waals surface area contributed by atoms with Crippen LogP contribution in [0.25, 0.3) is 21.9 Å². The van der Waals surface area contributed by atoms with Crippen LogP contribution in [0.4, 0.5) is 0 Å². The van der Waals surface area contributed by atoms with Gasteiger partial charge in [0.15, 0.2) is 35.2 Å². The predicted octanol–water partition coefficient (Wildman–Crippen LogP) is 3.45. The van der Waals surface area contributed by atoms with Gasteiger partial charge in [-0.3, -0.25) is 14.4 Å². The number of hydrogen-bond acceptors (Lipinski definition) is 14. The highest BCUT2D eigenvalue weighted by molar-refractivity contribution is 6.14. The first kappa shape index (κ1) is 30.8. The average molecular weight is 639 g/mol. The van der Waals surface area contributed by atoms with Gasteiger partial charge in [0.25, 0.3) is 0 Å². The van der Waals surface area contributed by atoms with E-state index in [0.717, 1.165) is 6.92 Å². The normalized spacial score (nSPS) is 21.2. The molecule has 4 atom stereocenters. The Balaban J connectivity index is 1.54. The van der Waals surface area contributed by atoms with Crippen LogP contribution in [0, 0.1) is 0 Å². The third-order valence-electron chi connectivity index (χ3n) is 7.62. The van der Waals surface area contributed by atoms with E-state index >= 15 is 0 Å². The number of rotatable bonds is 8. The Morgan fingerprint density at radius 3 is 2.09 bits per heavy atom. The first-order chi connectivity index (χ1) is 22.1. The molecule has 3 aliphatic heterocycles. The summed E-state index contributed by atoms with van der Waals surface area (Å²) in [6, 6.07) is 8.69. The van der Waals surface area contributed by atoms with Crippen LogP contribution in [0.15, 0.2) is 30.3 Å². The molecule has 0 bridgehead atoms. The number of methoxy groups -OCH3 is 2. The van der Waals surface area contributed by atoms with Crippen LogP contribution >= 0.6 is 0 Å². The molecule has 3 heterocycles. The summed E-state index contributed by atoms with van der Waals surface area (Å²) in [5.41, 5.74) is 1.76. The molecule has 0 saturated carbocycles. The highest BCUT2D eigenvalue weighted by Gasteiger charge is 2.49. The molecule has 14 heteroatoms. The fraction of sp³-hybridized carbons (Fsp3) is 0.375. The maximum Gasteiger partial charge on any atom is 0.339 e. The van der Waals surface area contributed by atoms with Crippen molar-refractivity contribution in [1.82, 2.24) is 0 Å². The molecule has 1 saturated heterocycles. The number of carbonyl (C=O) groups excluding carboxylic acids is 4. The van der Waals surface area contributed by atoms with Gasteiger partial charge in [-0.25, -0.2) is 4.79 Å². The van der Waals surface area contributed by atoms with Gasteiger partial charge in [-0.15, -0.1) is 0 Å². The lowest BCUT2D eigenvalue weighted by molar-refractivity contribution is -0.259. The number of cyclic esters (lactones) is 1. The number of esters is 4. The molecule has 0 amide bonds. The van der Waals surface area contributed by atoms with Gasteiger partial charge in [-0.1, -0.05) is 6.07 Å². The molecule has 3 aromatic rings. The first-order valence-electron chi connectivity index (χ1n) is 14.2. The molecule has 0 aliphatic carbocycles. The van der Waals surface area contributed by atoms with Gasteiger partial charge >= 0.3 is 23.9 Å². The van der Waals surface area contributed by atoms with E-state index in [1.54, 1.807) is 30.3 Å². The molecule has 0 radical (unpaired) electrons. The molecule has 0 unspecified atom stereocenters. The van der Waals surface area contributed by atoms with E-state index in [1.807, 2.05) is 0 Å². The van der Waals surface area contributed by atoms with Crippen LogP contribution in [0.2, 0.25) is 0 Å². The van der Waals surface area contributed by atoms with Crippen molar-refractivity contribution < 1.29 is 66.5 Å². The van der Waals surface area contributed by atoms with Crippen molar-refractivity contribution in [2.75, 3.05) is 27.6 Å². The number of ether oxygens (including phenoxy) is 10. The van der Waals surface area contributed by atoms with Crippen LogP contribution in [0.5, 0.6) is 28.7 Å². The number of hydrogen-bond donors (Lipinski definition) is 0. The van der Waals surface area contributed by atoms with Gasteiger partial charge in [0.1, 0.15) is 12.4 Å². The maximum absolute atomic E-state index is 13.4. The Bertz CT molecular complexity index is 1750. The standard InChI is InChI=1S/C32H30O14/c1-14(33)43-25-12-40-32(30(45-16(3)35)29(25)44-15(2)34)46-28-19-10-23(38-5)22(37-4)9-18(19)26(27-20(28)11-39-31(27)36)17-6-7-21-24(8-17)42-13-41-21/h6-10,25,29-30,32H,11-13H2,1-5H3/t25-,29-,30+,32-/m0/s1. The van der Waals surface area contributed by atoms with Gasteiger partial charge in [0, 0.05) is 37.3 Å². The molecular weight excluding hydrogens is 608 g/mol. The van der Waals surface area contributed by atoms with E-state index in [2.05, 4.69) is 0 Å². The smallest absolute Gasteiger partial charge is 0.339 e. The zero-order valence-electron chi connectivity index (χ0n) is 25.5. The molecule has 0 spiro atoms. The summed E-state index contributed by atoms with van der Waals surface area (Å²) in [6.45, 7) is 3.16. The second kappa shape index (κ2) is 12.3. The van der Waals surface area contributed by atoms with Crippen LogP contribution in [0.3, 0.4) is 0 Å². The summed E-state index contributed by atoms with van der Waals surface area (Å²) in [5, 5.41) is 0.997. The first-order valence-corrected chi connectivity index (χ1v) is 14.2. The van der Waals surface area contributed by atoms with E-state index in [-0.39, 0.29) is 31.3 Å². The van der Waals surface area contributed by atoms with Crippen molar-refractivity contribution in [1.29, 1.82) is 0 Å². The Kier molecular flexibility index (Phi) is 8.21. The minimum atomic E-state index is -1.38. The molecular formula is C32H30O14. The Morgan fingerprint density at radius 2 is 1.41 bits per heavy atom. The summed E-state index contributed by atoms with van der Waals surface area (Å²) < 4.78 is 56.6. The summed E-state index contributed by atoms with van der Waals surface area (Å²) in [5.74, 6) is -0.746. The minimum Gasteiger partial charge on any atom is -0.493 e. The summed E-state index contributed by atoms with van der Waals surface area (Å²) >= 11 is 0. The van der Waals surface area contributed by atoms with Gasteiger partial charge in [0.05, 0.1) is 26.4 Å². The molecule has 242 valence electrons. The summed E-state index contributed by atoms with van der Waals surface area (Å²) in [4.78, 5) is 49.6. The van der Waals surface area contributed by atoms with Crippen LogP contribution in [-0.2, 0) is 44.7 Å². The highest BCUT2D eigenvalue weighted by Crippen LogP contribution is 2.49. The molecule has 14 nitrogen and oxygen atoms in total. The van der Waals surface area contributed by atoms with Gasteiger partial charge in [-0.05, 0) is 35.2 Å². The SMILES string of the molecule is COc1cc2c(O[C@@H]3OC[C@H](OC(C)=O)[C@H](OC(C)=O)[C@H]3OC(C)=O)c3c(c(-c4ccc5c(c4)OCO5)c2cc1OC)C(=O)OC3. The Hall–Kier alpha value is -5.24. The Labute approximate surface area is 262 Å². The molecule has 3 aliphatic rings. The zero-order valence-corrected chi connectivity index (χ0v) is 25.5. The van der Waals surface area contributed by atoms with Crippen LogP contribution in [0.1, 0.15) is 36.7 Å². The second-order valence-electron chi connectivity index (χ2n) is 10.6. The van der Waals surface area contributed by atoms with Crippen molar-refractivity contribution in [3.8, 4) is 39.9 Å². The zero-order chi connectivity index (χ0) is 32.7. The van der Waals surface area contributed by atoms with E-state index in [4.69, 9.17) is 47.4 Å². The molecule has 6 rings (SSSR count). The van der Waals surface area contributed by atoms with Crippen molar-refractivity contribution >= 4 is 34.6 Å². The van der Waals surface area contributed by atoms with Crippen LogP contribution in [-0.4, -0.2) is 76.1 Å². The molecule has 1 fully saturated rings. The lowest BCUT2D eigenvalue weighted by atomic mass is 9.89. The second-order valence-corrected chi connectivity index (χ2v) is 10.6. The topological polar surface area (TPSA) is 161 Å².